The second-order valence-corrected chi connectivity index (χ2v) is 6.40. The summed E-state index contributed by atoms with van der Waals surface area (Å²) in [6.07, 6.45) is 4.68. The van der Waals surface area contributed by atoms with E-state index in [4.69, 9.17) is 0 Å². The molecule has 0 spiro atoms. The molecule has 0 saturated heterocycles. The maximum Gasteiger partial charge on any atom is 0.353 e. The van der Waals surface area contributed by atoms with Crippen molar-refractivity contribution in [3.05, 3.63) is 16.4 Å². The predicted molar refractivity (Wildman–Crippen MR) is 86.0 cm³/mol. The fourth-order valence-corrected chi connectivity index (χ4v) is 3.83. The Morgan fingerprint density at radius 2 is 2.14 bits per heavy atom. The summed E-state index contributed by atoms with van der Waals surface area (Å²) in [5, 5.41) is 18.0. The van der Waals surface area contributed by atoms with Crippen molar-refractivity contribution < 1.29 is 4.92 Å². The first-order valence-corrected chi connectivity index (χ1v) is 8.33. The van der Waals surface area contributed by atoms with E-state index in [0.29, 0.717) is 17.6 Å². The number of anilines is 2. The van der Waals surface area contributed by atoms with E-state index in [1.54, 1.807) is 0 Å². The first kappa shape index (κ1) is 15.8. The Kier molecular flexibility index (Phi) is 5.60. The van der Waals surface area contributed by atoms with Gasteiger partial charge in [0.1, 0.15) is 6.33 Å². The molecule has 1 aliphatic rings. The number of nitro groups is 1. The van der Waals surface area contributed by atoms with Crippen molar-refractivity contribution in [2.45, 2.75) is 44.4 Å². The SMILES string of the molecule is CCNc1ncnc(NC2CCCC2SCC)c1[N+](=O)[O-]. The monoisotopic (exact) mass is 311 g/mol. The average Bonchev–Trinajstić information content (AvgIpc) is 2.87. The Labute approximate surface area is 128 Å². The third-order valence-corrected chi connectivity index (χ3v) is 4.83. The van der Waals surface area contributed by atoms with Crippen molar-refractivity contribution in [1.29, 1.82) is 0 Å². The largest absolute Gasteiger partial charge is 0.364 e. The van der Waals surface area contributed by atoms with Crippen molar-refractivity contribution in [1.82, 2.24) is 9.97 Å². The minimum atomic E-state index is -0.419. The molecule has 7 nitrogen and oxygen atoms in total. The van der Waals surface area contributed by atoms with E-state index in [2.05, 4.69) is 27.5 Å². The van der Waals surface area contributed by atoms with Gasteiger partial charge in [-0.15, -0.1) is 0 Å². The van der Waals surface area contributed by atoms with Crippen LogP contribution in [0.4, 0.5) is 17.3 Å². The normalized spacial score (nSPS) is 21.2. The number of aromatic nitrogens is 2. The van der Waals surface area contributed by atoms with Gasteiger partial charge in [0.15, 0.2) is 0 Å². The molecule has 2 rings (SSSR count). The Bertz CT molecular complexity index is 499. The lowest BCUT2D eigenvalue weighted by molar-refractivity contribution is -0.383. The van der Waals surface area contributed by atoms with Crippen LogP contribution < -0.4 is 10.6 Å². The molecule has 1 aromatic heterocycles. The minimum absolute atomic E-state index is 0.0634. The molecular weight excluding hydrogens is 290 g/mol. The van der Waals surface area contributed by atoms with E-state index in [0.717, 1.165) is 25.0 Å². The van der Waals surface area contributed by atoms with Crippen molar-refractivity contribution in [3.8, 4) is 0 Å². The van der Waals surface area contributed by atoms with Gasteiger partial charge in [0.2, 0.25) is 11.6 Å². The van der Waals surface area contributed by atoms with Gasteiger partial charge in [-0.2, -0.15) is 11.8 Å². The first-order valence-electron chi connectivity index (χ1n) is 7.28. The highest BCUT2D eigenvalue weighted by atomic mass is 32.2. The van der Waals surface area contributed by atoms with Crippen LogP contribution in [0, 0.1) is 10.1 Å². The molecule has 0 bridgehead atoms. The number of thioether (sulfide) groups is 1. The van der Waals surface area contributed by atoms with E-state index < -0.39 is 4.92 Å². The molecule has 0 aromatic carbocycles. The summed E-state index contributed by atoms with van der Waals surface area (Å²) in [4.78, 5) is 19.0. The Morgan fingerprint density at radius 3 is 2.81 bits per heavy atom. The van der Waals surface area contributed by atoms with Gasteiger partial charge < -0.3 is 10.6 Å². The highest BCUT2D eigenvalue weighted by Crippen LogP contribution is 2.35. The first-order chi connectivity index (χ1) is 10.2. The number of hydrogen-bond acceptors (Lipinski definition) is 7. The fraction of sp³-hybridized carbons (Fsp3) is 0.692. The number of rotatable bonds is 7. The van der Waals surface area contributed by atoms with Gasteiger partial charge in [-0.1, -0.05) is 13.3 Å². The van der Waals surface area contributed by atoms with Gasteiger partial charge in [-0.05, 0) is 25.5 Å². The highest BCUT2D eigenvalue weighted by molar-refractivity contribution is 7.99. The topological polar surface area (TPSA) is 93.0 Å². The highest BCUT2D eigenvalue weighted by Gasteiger charge is 2.31. The average molecular weight is 311 g/mol. The van der Waals surface area contributed by atoms with Crippen LogP contribution in [0.1, 0.15) is 33.1 Å². The predicted octanol–water partition coefficient (Wildman–Crippen LogP) is 2.90. The summed E-state index contributed by atoms with van der Waals surface area (Å²) in [6.45, 7) is 4.59. The second-order valence-electron chi connectivity index (χ2n) is 4.88. The van der Waals surface area contributed by atoms with Crippen LogP contribution in [0.15, 0.2) is 6.33 Å². The summed E-state index contributed by atoms with van der Waals surface area (Å²) in [5.74, 6) is 1.65. The zero-order chi connectivity index (χ0) is 15.2. The summed E-state index contributed by atoms with van der Waals surface area (Å²) < 4.78 is 0. The van der Waals surface area contributed by atoms with Crippen LogP contribution in [-0.4, -0.2) is 38.5 Å². The maximum absolute atomic E-state index is 11.3. The molecule has 0 amide bonds. The van der Waals surface area contributed by atoms with E-state index in [9.17, 15) is 10.1 Å². The lowest BCUT2D eigenvalue weighted by Crippen LogP contribution is -2.27. The molecule has 1 aromatic rings. The summed E-state index contributed by atoms with van der Waals surface area (Å²) in [7, 11) is 0. The molecule has 21 heavy (non-hydrogen) atoms. The van der Waals surface area contributed by atoms with Gasteiger partial charge in [0.05, 0.1) is 4.92 Å². The van der Waals surface area contributed by atoms with Crippen LogP contribution >= 0.6 is 11.8 Å². The van der Waals surface area contributed by atoms with Gasteiger partial charge in [0.25, 0.3) is 0 Å². The number of hydrogen-bond donors (Lipinski definition) is 2. The lowest BCUT2D eigenvalue weighted by Gasteiger charge is -2.20. The van der Waals surface area contributed by atoms with E-state index >= 15 is 0 Å². The Hall–Kier alpha value is -1.57. The van der Waals surface area contributed by atoms with Crippen LogP contribution in [0.2, 0.25) is 0 Å². The third kappa shape index (κ3) is 3.75. The van der Waals surface area contributed by atoms with Crippen LogP contribution in [0.3, 0.4) is 0 Å². The zero-order valence-electron chi connectivity index (χ0n) is 12.3. The zero-order valence-corrected chi connectivity index (χ0v) is 13.2. The fourth-order valence-electron chi connectivity index (χ4n) is 2.63. The van der Waals surface area contributed by atoms with Crippen molar-refractivity contribution in [2.75, 3.05) is 22.9 Å². The second kappa shape index (κ2) is 7.44. The summed E-state index contributed by atoms with van der Waals surface area (Å²) >= 11 is 1.90. The van der Waals surface area contributed by atoms with Gasteiger partial charge in [0, 0.05) is 17.8 Å². The van der Waals surface area contributed by atoms with Crippen molar-refractivity contribution >= 4 is 29.1 Å². The molecule has 1 aliphatic carbocycles. The van der Waals surface area contributed by atoms with Gasteiger partial charge >= 0.3 is 5.69 Å². The van der Waals surface area contributed by atoms with Crippen molar-refractivity contribution in [2.24, 2.45) is 0 Å². The molecule has 8 heteroatoms. The molecular formula is C13H21N5O2S. The maximum atomic E-state index is 11.3. The Balaban J connectivity index is 2.22. The number of nitrogens with zero attached hydrogens (tertiary/aromatic N) is 3. The third-order valence-electron chi connectivity index (χ3n) is 3.50. The molecule has 0 radical (unpaired) electrons. The molecule has 0 aliphatic heterocycles. The van der Waals surface area contributed by atoms with E-state index in [1.807, 2.05) is 18.7 Å². The van der Waals surface area contributed by atoms with Crippen LogP contribution in [-0.2, 0) is 0 Å². The van der Waals surface area contributed by atoms with Gasteiger partial charge in [-0.3, -0.25) is 10.1 Å². The lowest BCUT2D eigenvalue weighted by atomic mass is 10.2. The van der Waals surface area contributed by atoms with Crippen LogP contribution in [0.25, 0.3) is 0 Å². The number of nitrogens with one attached hydrogen (secondary N) is 2. The summed E-state index contributed by atoms with van der Waals surface area (Å²) in [6, 6.07) is 0.234. The quantitative estimate of drug-likeness (QED) is 0.590. The van der Waals surface area contributed by atoms with E-state index in [1.165, 1.54) is 6.33 Å². The molecule has 116 valence electrons. The standard InChI is InChI=1S/C13H21N5O2S/c1-3-14-12-11(18(19)20)13(16-8-15-12)17-9-6-5-7-10(9)21-4-2/h8-10H,3-7H2,1-2H3,(H2,14,15,16,17). The minimum Gasteiger partial charge on any atom is -0.364 e. The molecule has 2 atom stereocenters. The van der Waals surface area contributed by atoms with Crippen molar-refractivity contribution in [3.63, 3.8) is 0 Å². The smallest absolute Gasteiger partial charge is 0.353 e. The molecule has 2 unspecified atom stereocenters. The molecule has 1 fully saturated rings. The summed E-state index contributed by atoms with van der Waals surface area (Å²) in [5.41, 5.74) is -0.0634. The Morgan fingerprint density at radius 1 is 1.38 bits per heavy atom. The van der Waals surface area contributed by atoms with E-state index in [-0.39, 0.29) is 17.5 Å². The molecule has 2 N–H and O–H groups in total. The van der Waals surface area contributed by atoms with Gasteiger partial charge in [-0.25, -0.2) is 9.97 Å². The molecule has 1 saturated carbocycles. The van der Waals surface area contributed by atoms with Crippen LogP contribution in [0.5, 0.6) is 0 Å². The molecule has 1 heterocycles.